The Morgan fingerprint density at radius 1 is 1.31 bits per heavy atom. The van der Waals surface area contributed by atoms with E-state index in [4.69, 9.17) is 0 Å². The zero-order valence-corrected chi connectivity index (χ0v) is 9.37. The van der Waals surface area contributed by atoms with Crippen molar-refractivity contribution < 1.29 is 0 Å². The highest BCUT2D eigenvalue weighted by atomic mass is 32.2. The summed E-state index contributed by atoms with van der Waals surface area (Å²) in [5, 5.41) is 3.43. The second-order valence-electron chi connectivity index (χ2n) is 3.24. The Morgan fingerprint density at radius 2 is 2.08 bits per heavy atom. The van der Waals surface area contributed by atoms with Crippen molar-refractivity contribution >= 4 is 17.4 Å². The highest BCUT2D eigenvalue weighted by molar-refractivity contribution is 7.98. The summed E-state index contributed by atoms with van der Waals surface area (Å²) in [6, 6.07) is 6.52. The molecule has 72 valence electrons. The first-order chi connectivity index (χ1) is 6.24. The lowest BCUT2D eigenvalue weighted by atomic mass is 10.1. The minimum atomic E-state index is 1.05. The summed E-state index contributed by atoms with van der Waals surface area (Å²) in [6.07, 6.45) is 2.13. The van der Waals surface area contributed by atoms with Crippen molar-refractivity contribution in [3.8, 4) is 0 Å². The Hall–Kier alpha value is -0.630. The van der Waals surface area contributed by atoms with Crippen LogP contribution in [0.4, 0.5) is 5.69 Å². The fraction of sp³-hybridized carbons (Fsp3) is 0.455. The predicted octanol–water partition coefficient (Wildman–Crippen LogP) is 3.08. The first kappa shape index (κ1) is 10.5. The van der Waals surface area contributed by atoms with Crippen LogP contribution < -0.4 is 5.32 Å². The molecule has 13 heavy (non-hydrogen) atoms. The molecule has 0 radical (unpaired) electrons. The van der Waals surface area contributed by atoms with Crippen molar-refractivity contribution in [1.82, 2.24) is 0 Å². The molecule has 1 rings (SSSR count). The van der Waals surface area contributed by atoms with E-state index in [2.05, 4.69) is 43.6 Å². The Morgan fingerprint density at radius 3 is 2.77 bits per heavy atom. The molecular formula is C11H17NS. The van der Waals surface area contributed by atoms with E-state index < -0.39 is 0 Å². The van der Waals surface area contributed by atoms with Crippen LogP contribution in [0.1, 0.15) is 11.1 Å². The van der Waals surface area contributed by atoms with Gasteiger partial charge in [0, 0.05) is 18.0 Å². The number of benzene rings is 1. The molecule has 2 heteroatoms. The molecule has 0 aliphatic carbocycles. The summed E-state index contributed by atoms with van der Waals surface area (Å²) in [4.78, 5) is 0. The number of anilines is 1. The second kappa shape index (κ2) is 5.18. The highest BCUT2D eigenvalue weighted by Gasteiger charge is 1.96. The van der Waals surface area contributed by atoms with E-state index in [9.17, 15) is 0 Å². The quantitative estimate of drug-likeness (QED) is 0.741. The van der Waals surface area contributed by atoms with Crippen LogP contribution in [0.2, 0.25) is 0 Å². The maximum Gasteiger partial charge on any atom is 0.0372 e. The van der Waals surface area contributed by atoms with Crippen molar-refractivity contribution in [2.75, 3.05) is 23.9 Å². The topological polar surface area (TPSA) is 12.0 Å². The summed E-state index contributed by atoms with van der Waals surface area (Å²) in [6.45, 7) is 5.31. The van der Waals surface area contributed by atoms with Crippen LogP contribution in [-0.4, -0.2) is 18.6 Å². The van der Waals surface area contributed by atoms with Crippen molar-refractivity contribution in [3.05, 3.63) is 29.3 Å². The molecule has 0 aromatic heterocycles. The molecule has 0 amide bonds. The van der Waals surface area contributed by atoms with Gasteiger partial charge in [-0.05, 0) is 37.3 Å². The molecule has 0 bridgehead atoms. The smallest absolute Gasteiger partial charge is 0.0372 e. The molecule has 0 fully saturated rings. The average molecular weight is 195 g/mol. The van der Waals surface area contributed by atoms with Crippen LogP contribution in [0.15, 0.2) is 18.2 Å². The lowest BCUT2D eigenvalue weighted by molar-refractivity contribution is 1.21. The number of hydrogen-bond acceptors (Lipinski definition) is 2. The lowest BCUT2D eigenvalue weighted by Gasteiger charge is -2.09. The van der Waals surface area contributed by atoms with Crippen LogP contribution in [0, 0.1) is 13.8 Å². The third-order valence-corrected chi connectivity index (χ3v) is 2.63. The summed E-state index contributed by atoms with van der Waals surface area (Å²) >= 11 is 1.87. The minimum Gasteiger partial charge on any atom is -0.384 e. The molecule has 0 unspecified atom stereocenters. The van der Waals surface area contributed by atoms with E-state index in [1.165, 1.54) is 16.8 Å². The third-order valence-electron chi connectivity index (χ3n) is 2.01. The summed E-state index contributed by atoms with van der Waals surface area (Å²) in [7, 11) is 0. The first-order valence-corrected chi connectivity index (χ1v) is 5.93. The maximum atomic E-state index is 3.43. The van der Waals surface area contributed by atoms with E-state index in [0.29, 0.717) is 0 Å². The largest absolute Gasteiger partial charge is 0.384 e. The van der Waals surface area contributed by atoms with Crippen molar-refractivity contribution in [2.45, 2.75) is 13.8 Å². The van der Waals surface area contributed by atoms with Crippen LogP contribution in [0.5, 0.6) is 0 Å². The van der Waals surface area contributed by atoms with Crippen LogP contribution in [-0.2, 0) is 0 Å². The van der Waals surface area contributed by atoms with Crippen molar-refractivity contribution in [2.24, 2.45) is 0 Å². The van der Waals surface area contributed by atoms with Gasteiger partial charge in [-0.25, -0.2) is 0 Å². The van der Waals surface area contributed by atoms with E-state index in [1.54, 1.807) is 0 Å². The number of hydrogen-bond donors (Lipinski definition) is 1. The van der Waals surface area contributed by atoms with Crippen LogP contribution >= 0.6 is 11.8 Å². The van der Waals surface area contributed by atoms with E-state index in [0.717, 1.165) is 12.3 Å². The van der Waals surface area contributed by atoms with E-state index >= 15 is 0 Å². The Bertz CT molecular complexity index is 271. The molecule has 1 N–H and O–H groups in total. The number of thioether (sulfide) groups is 1. The fourth-order valence-electron chi connectivity index (χ4n) is 1.21. The number of rotatable bonds is 4. The van der Waals surface area contributed by atoms with Gasteiger partial charge in [-0.2, -0.15) is 11.8 Å². The zero-order valence-electron chi connectivity index (χ0n) is 8.55. The minimum absolute atomic E-state index is 1.05. The zero-order chi connectivity index (χ0) is 9.68. The van der Waals surface area contributed by atoms with Crippen LogP contribution in [0.25, 0.3) is 0 Å². The molecular weight excluding hydrogens is 178 g/mol. The molecule has 0 atom stereocenters. The Balaban J connectivity index is 2.59. The fourth-order valence-corrected chi connectivity index (χ4v) is 1.52. The lowest BCUT2D eigenvalue weighted by Crippen LogP contribution is -2.05. The van der Waals surface area contributed by atoms with E-state index in [-0.39, 0.29) is 0 Å². The predicted molar refractivity (Wildman–Crippen MR) is 62.8 cm³/mol. The van der Waals surface area contributed by atoms with Gasteiger partial charge in [0.05, 0.1) is 0 Å². The van der Waals surface area contributed by atoms with Gasteiger partial charge in [-0.15, -0.1) is 0 Å². The van der Waals surface area contributed by atoms with Crippen molar-refractivity contribution in [3.63, 3.8) is 0 Å². The standard InChI is InChI=1S/C11H17NS/c1-9-4-5-10(2)11(8-9)12-6-7-13-3/h4-5,8,12H,6-7H2,1-3H3. The molecule has 0 spiro atoms. The van der Waals surface area contributed by atoms with Gasteiger partial charge in [0.2, 0.25) is 0 Å². The van der Waals surface area contributed by atoms with Gasteiger partial charge >= 0.3 is 0 Å². The molecule has 0 saturated carbocycles. The Labute approximate surface area is 84.9 Å². The Kier molecular flexibility index (Phi) is 4.16. The first-order valence-electron chi connectivity index (χ1n) is 4.54. The van der Waals surface area contributed by atoms with Gasteiger partial charge in [-0.1, -0.05) is 12.1 Å². The van der Waals surface area contributed by atoms with Gasteiger partial charge < -0.3 is 5.32 Å². The summed E-state index contributed by atoms with van der Waals surface area (Å²) in [5.74, 6) is 1.16. The van der Waals surface area contributed by atoms with Gasteiger partial charge in [-0.3, -0.25) is 0 Å². The molecule has 0 heterocycles. The normalized spacial score (nSPS) is 10.1. The average Bonchev–Trinajstić information content (AvgIpc) is 2.11. The molecule has 0 saturated heterocycles. The SMILES string of the molecule is CSCCNc1cc(C)ccc1C. The summed E-state index contributed by atoms with van der Waals surface area (Å²) < 4.78 is 0. The monoisotopic (exact) mass is 195 g/mol. The van der Waals surface area contributed by atoms with Crippen molar-refractivity contribution in [1.29, 1.82) is 0 Å². The number of aryl methyl sites for hydroxylation is 2. The molecule has 1 nitrogen and oxygen atoms in total. The molecule has 0 aliphatic heterocycles. The number of nitrogens with one attached hydrogen (secondary N) is 1. The van der Waals surface area contributed by atoms with Gasteiger partial charge in [0.1, 0.15) is 0 Å². The molecule has 0 aliphatic rings. The highest BCUT2D eigenvalue weighted by Crippen LogP contribution is 2.15. The summed E-state index contributed by atoms with van der Waals surface area (Å²) in [5.41, 5.74) is 3.91. The third kappa shape index (κ3) is 3.31. The molecule has 1 aromatic rings. The van der Waals surface area contributed by atoms with Gasteiger partial charge in [0.25, 0.3) is 0 Å². The van der Waals surface area contributed by atoms with E-state index in [1.807, 2.05) is 11.8 Å². The van der Waals surface area contributed by atoms with Gasteiger partial charge in [0.15, 0.2) is 0 Å². The second-order valence-corrected chi connectivity index (χ2v) is 4.22. The maximum absolute atomic E-state index is 3.43. The van der Waals surface area contributed by atoms with Crippen LogP contribution in [0.3, 0.4) is 0 Å². The molecule has 1 aromatic carbocycles.